The van der Waals surface area contributed by atoms with Gasteiger partial charge in [0.15, 0.2) is 0 Å². The van der Waals surface area contributed by atoms with Gasteiger partial charge in [-0.05, 0) is 15.9 Å². The third kappa shape index (κ3) is 1.82. The van der Waals surface area contributed by atoms with Crippen molar-refractivity contribution < 1.29 is 14.8 Å². The number of halogens is 1. The van der Waals surface area contributed by atoms with E-state index >= 15 is 0 Å². The third-order valence-electron chi connectivity index (χ3n) is 1.56. The first-order valence-electron chi connectivity index (χ1n) is 3.40. The van der Waals surface area contributed by atoms with E-state index in [0.29, 0.717) is 0 Å². The van der Waals surface area contributed by atoms with Crippen molar-refractivity contribution in [2.75, 3.05) is 5.73 Å². The van der Waals surface area contributed by atoms with E-state index in [9.17, 15) is 14.9 Å². The molecule has 0 heterocycles. The minimum atomic E-state index is -1.30. The van der Waals surface area contributed by atoms with Gasteiger partial charge in [-0.3, -0.25) is 10.1 Å². The normalized spacial score (nSPS) is 9.79. The van der Waals surface area contributed by atoms with Crippen molar-refractivity contribution in [3.63, 3.8) is 0 Å². The maximum atomic E-state index is 10.6. The number of hydrogen-bond acceptors (Lipinski definition) is 4. The van der Waals surface area contributed by atoms with Gasteiger partial charge in [0.1, 0.15) is 0 Å². The number of nitro benzene ring substituents is 1. The number of benzene rings is 1. The molecule has 0 fully saturated rings. The molecule has 1 aromatic rings. The van der Waals surface area contributed by atoms with Gasteiger partial charge in [-0.1, -0.05) is 0 Å². The molecule has 7 heteroatoms. The standard InChI is InChI=1S/C7H5BrN2O4/c8-5-2-3(10(13)14)1-4(6(5)9)7(11)12/h1-2H,9H2,(H,11,12). The van der Waals surface area contributed by atoms with E-state index in [1.807, 2.05) is 0 Å². The maximum absolute atomic E-state index is 10.6. The van der Waals surface area contributed by atoms with Gasteiger partial charge in [0, 0.05) is 16.6 Å². The van der Waals surface area contributed by atoms with Crippen LogP contribution in [0.3, 0.4) is 0 Å². The van der Waals surface area contributed by atoms with Gasteiger partial charge in [-0.25, -0.2) is 4.79 Å². The molecule has 0 aromatic heterocycles. The molecule has 1 aromatic carbocycles. The molecule has 0 saturated carbocycles. The van der Waals surface area contributed by atoms with E-state index in [1.54, 1.807) is 0 Å². The number of nitrogen functional groups attached to an aromatic ring is 1. The lowest BCUT2D eigenvalue weighted by Crippen LogP contribution is -2.04. The lowest BCUT2D eigenvalue weighted by atomic mass is 10.1. The fraction of sp³-hybridized carbons (Fsp3) is 0. The van der Waals surface area contributed by atoms with E-state index in [-0.39, 0.29) is 21.4 Å². The third-order valence-corrected chi connectivity index (χ3v) is 2.21. The Morgan fingerprint density at radius 3 is 2.57 bits per heavy atom. The average Bonchev–Trinajstić information content (AvgIpc) is 2.08. The van der Waals surface area contributed by atoms with Crippen molar-refractivity contribution in [3.8, 4) is 0 Å². The van der Waals surface area contributed by atoms with Gasteiger partial charge in [-0.2, -0.15) is 0 Å². The lowest BCUT2D eigenvalue weighted by Gasteiger charge is -2.02. The second-order valence-electron chi connectivity index (χ2n) is 2.45. The van der Waals surface area contributed by atoms with Crippen LogP contribution in [0.15, 0.2) is 16.6 Å². The van der Waals surface area contributed by atoms with E-state index < -0.39 is 10.9 Å². The zero-order valence-electron chi connectivity index (χ0n) is 6.73. The maximum Gasteiger partial charge on any atom is 0.338 e. The van der Waals surface area contributed by atoms with Crippen LogP contribution in [0.5, 0.6) is 0 Å². The number of aromatic carboxylic acids is 1. The highest BCUT2D eigenvalue weighted by atomic mass is 79.9. The highest BCUT2D eigenvalue weighted by Gasteiger charge is 2.17. The SMILES string of the molecule is Nc1c(Br)cc([N+](=O)[O-])cc1C(=O)O. The quantitative estimate of drug-likeness (QED) is 0.478. The van der Waals surface area contributed by atoms with Crippen LogP contribution in [0.2, 0.25) is 0 Å². The molecule has 0 amide bonds. The predicted octanol–water partition coefficient (Wildman–Crippen LogP) is 1.64. The summed E-state index contributed by atoms with van der Waals surface area (Å²) in [6.07, 6.45) is 0. The van der Waals surface area contributed by atoms with Gasteiger partial charge in [0.05, 0.1) is 16.2 Å². The second-order valence-corrected chi connectivity index (χ2v) is 3.31. The molecule has 3 N–H and O–H groups in total. The van der Waals surface area contributed by atoms with Gasteiger partial charge in [-0.15, -0.1) is 0 Å². The second kappa shape index (κ2) is 3.62. The first-order chi connectivity index (χ1) is 6.43. The van der Waals surface area contributed by atoms with Gasteiger partial charge in [0.2, 0.25) is 0 Å². The monoisotopic (exact) mass is 260 g/mol. The molecule has 14 heavy (non-hydrogen) atoms. The van der Waals surface area contributed by atoms with Crippen molar-refractivity contribution in [3.05, 3.63) is 32.3 Å². The number of rotatable bonds is 2. The van der Waals surface area contributed by atoms with Crippen molar-refractivity contribution in [1.29, 1.82) is 0 Å². The Bertz CT molecular complexity index is 418. The van der Waals surface area contributed by atoms with Crippen molar-refractivity contribution in [2.45, 2.75) is 0 Å². The molecule has 0 atom stereocenters. The molecule has 1 rings (SSSR count). The van der Waals surface area contributed by atoms with Crippen molar-refractivity contribution >= 4 is 33.3 Å². The van der Waals surface area contributed by atoms with Gasteiger partial charge in [0.25, 0.3) is 5.69 Å². The Labute approximate surface area is 86.6 Å². The Hall–Kier alpha value is -1.63. The smallest absolute Gasteiger partial charge is 0.338 e. The Kier molecular flexibility index (Phi) is 2.70. The van der Waals surface area contributed by atoms with E-state index in [4.69, 9.17) is 10.8 Å². The van der Waals surface area contributed by atoms with Crippen LogP contribution in [-0.4, -0.2) is 16.0 Å². The minimum absolute atomic E-state index is 0.0249. The van der Waals surface area contributed by atoms with Gasteiger partial charge >= 0.3 is 5.97 Å². The van der Waals surface area contributed by atoms with Crippen LogP contribution in [-0.2, 0) is 0 Å². The molecule has 0 spiro atoms. The fourth-order valence-corrected chi connectivity index (χ4v) is 1.33. The van der Waals surface area contributed by atoms with E-state index in [1.165, 1.54) is 0 Å². The molecular formula is C7H5BrN2O4. The number of nitro groups is 1. The summed E-state index contributed by atoms with van der Waals surface area (Å²) in [6, 6.07) is 2.07. The Morgan fingerprint density at radius 2 is 2.14 bits per heavy atom. The molecule has 0 unspecified atom stereocenters. The molecule has 0 aliphatic carbocycles. The number of nitrogens with zero attached hydrogens (tertiary/aromatic N) is 1. The summed E-state index contributed by atoms with van der Waals surface area (Å²) in [5, 5.41) is 19.1. The van der Waals surface area contributed by atoms with Crippen LogP contribution in [0, 0.1) is 10.1 Å². The van der Waals surface area contributed by atoms with E-state index in [0.717, 1.165) is 12.1 Å². The summed E-state index contributed by atoms with van der Waals surface area (Å²) in [4.78, 5) is 20.3. The number of carboxylic acid groups (broad SMARTS) is 1. The predicted molar refractivity (Wildman–Crippen MR) is 52.2 cm³/mol. The molecule has 6 nitrogen and oxygen atoms in total. The first kappa shape index (κ1) is 10.5. The van der Waals surface area contributed by atoms with Crippen LogP contribution in [0.25, 0.3) is 0 Å². The average molecular weight is 261 g/mol. The van der Waals surface area contributed by atoms with E-state index in [2.05, 4.69) is 15.9 Å². The molecular weight excluding hydrogens is 256 g/mol. The number of carboxylic acids is 1. The Balaban J connectivity index is 3.43. The number of non-ortho nitro benzene ring substituents is 1. The van der Waals surface area contributed by atoms with Gasteiger partial charge < -0.3 is 10.8 Å². The number of nitrogens with two attached hydrogens (primary N) is 1. The minimum Gasteiger partial charge on any atom is -0.478 e. The molecule has 0 saturated heterocycles. The summed E-state index contributed by atoms with van der Waals surface area (Å²) in [6.45, 7) is 0. The Morgan fingerprint density at radius 1 is 1.57 bits per heavy atom. The van der Waals surface area contributed by atoms with Crippen LogP contribution >= 0.6 is 15.9 Å². The molecule has 0 radical (unpaired) electrons. The highest BCUT2D eigenvalue weighted by Crippen LogP contribution is 2.28. The molecule has 0 aliphatic rings. The molecule has 74 valence electrons. The topological polar surface area (TPSA) is 106 Å². The molecule has 0 aliphatic heterocycles. The first-order valence-corrected chi connectivity index (χ1v) is 4.19. The highest BCUT2D eigenvalue weighted by molar-refractivity contribution is 9.10. The summed E-state index contributed by atoms with van der Waals surface area (Å²) in [5.41, 5.74) is 4.78. The largest absolute Gasteiger partial charge is 0.478 e. The van der Waals surface area contributed by atoms with Crippen LogP contribution in [0.4, 0.5) is 11.4 Å². The van der Waals surface area contributed by atoms with Crippen molar-refractivity contribution in [1.82, 2.24) is 0 Å². The number of hydrogen-bond donors (Lipinski definition) is 2. The van der Waals surface area contributed by atoms with Crippen LogP contribution < -0.4 is 5.73 Å². The number of anilines is 1. The zero-order chi connectivity index (χ0) is 10.9. The molecule has 0 bridgehead atoms. The van der Waals surface area contributed by atoms with Crippen molar-refractivity contribution in [2.24, 2.45) is 0 Å². The summed E-state index contributed by atoms with van der Waals surface area (Å²) in [7, 11) is 0. The lowest BCUT2D eigenvalue weighted by molar-refractivity contribution is -0.384. The zero-order valence-corrected chi connectivity index (χ0v) is 8.32. The summed E-state index contributed by atoms with van der Waals surface area (Å²) in [5.74, 6) is -1.30. The summed E-state index contributed by atoms with van der Waals surface area (Å²) < 4.78 is 0.198. The number of carbonyl (C=O) groups is 1. The summed E-state index contributed by atoms with van der Waals surface area (Å²) >= 11 is 2.94. The fourth-order valence-electron chi connectivity index (χ4n) is 0.886. The van der Waals surface area contributed by atoms with Crippen LogP contribution in [0.1, 0.15) is 10.4 Å².